The number of carbonyl (C=O) groups is 1. The molecule has 2 rings (SSSR count). The summed E-state index contributed by atoms with van der Waals surface area (Å²) in [4.78, 5) is 12.2. The summed E-state index contributed by atoms with van der Waals surface area (Å²) in [5, 5.41) is 12.8. The fraction of sp³-hybridized carbons (Fsp3) is 0.923. The van der Waals surface area contributed by atoms with Crippen LogP contribution in [0.15, 0.2) is 0 Å². The Bertz CT molecular complexity index is 305. The molecule has 104 valence electrons. The van der Waals surface area contributed by atoms with Crippen LogP contribution in [0.4, 0.5) is 0 Å². The lowest BCUT2D eigenvalue weighted by Crippen LogP contribution is -2.58. The van der Waals surface area contributed by atoms with Crippen molar-refractivity contribution in [3.63, 3.8) is 0 Å². The summed E-state index contributed by atoms with van der Waals surface area (Å²) in [6, 6.07) is 0.481. The van der Waals surface area contributed by atoms with Crippen molar-refractivity contribution in [3.8, 4) is 0 Å². The maximum Gasteiger partial charge on any atom is 0.327 e. The Morgan fingerprint density at radius 3 is 2.61 bits per heavy atom. The molecule has 0 heterocycles. The predicted molar refractivity (Wildman–Crippen MR) is 72.6 cm³/mol. The number of aliphatic hydroxyl groups excluding tert-OH is 1. The summed E-state index contributed by atoms with van der Waals surface area (Å²) < 4.78 is 5.03. The second-order valence-electron chi connectivity index (χ2n) is 5.46. The smallest absolute Gasteiger partial charge is 0.327 e. The molecule has 2 fully saturated rings. The van der Waals surface area contributed by atoms with Gasteiger partial charge in [0.1, 0.15) is 5.54 Å². The van der Waals surface area contributed by atoms with E-state index >= 15 is 0 Å². The largest absolute Gasteiger partial charge is 0.468 e. The fourth-order valence-electron chi connectivity index (χ4n) is 2.24. The van der Waals surface area contributed by atoms with Crippen molar-refractivity contribution in [1.29, 1.82) is 0 Å². The first-order valence-electron chi connectivity index (χ1n) is 6.71. The van der Waals surface area contributed by atoms with Crippen LogP contribution in [0.1, 0.15) is 32.6 Å². The van der Waals surface area contributed by atoms with Crippen LogP contribution in [-0.4, -0.2) is 47.4 Å². The molecule has 0 spiro atoms. The van der Waals surface area contributed by atoms with E-state index in [4.69, 9.17) is 9.84 Å². The Kier molecular flexibility index (Phi) is 4.56. The zero-order valence-corrected chi connectivity index (χ0v) is 12.0. The Morgan fingerprint density at radius 2 is 2.17 bits per heavy atom. The minimum atomic E-state index is -0.524. The molecular weight excluding hydrogens is 250 g/mol. The lowest BCUT2D eigenvalue weighted by molar-refractivity contribution is -0.148. The highest BCUT2D eigenvalue weighted by Gasteiger charge is 2.53. The number of aliphatic hydroxyl groups is 1. The van der Waals surface area contributed by atoms with Crippen molar-refractivity contribution >= 4 is 17.7 Å². The van der Waals surface area contributed by atoms with Crippen LogP contribution >= 0.6 is 11.8 Å². The Balaban J connectivity index is 2.04. The van der Waals surface area contributed by atoms with Crippen LogP contribution in [0.2, 0.25) is 0 Å². The maximum atomic E-state index is 12.2. The van der Waals surface area contributed by atoms with Gasteiger partial charge in [0, 0.05) is 17.0 Å². The van der Waals surface area contributed by atoms with Crippen LogP contribution in [-0.2, 0) is 9.53 Å². The van der Waals surface area contributed by atoms with Gasteiger partial charge in [-0.15, -0.1) is 0 Å². The van der Waals surface area contributed by atoms with E-state index in [0.29, 0.717) is 17.7 Å². The second-order valence-corrected chi connectivity index (χ2v) is 6.89. The third-order valence-corrected chi connectivity index (χ3v) is 5.06. The predicted octanol–water partition coefficient (Wildman–Crippen LogP) is 1.17. The number of thioether (sulfide) groups is 1. The highest BCUT2D eigenvalue weighted by atomic mass is 32.2. The molecule has 0 aromatic rings. The monoisotopic (exact) mass is 273 g/mol. The molecule has 2 saturated carbocycles. The van der Waals surface area contributed by atoms with Gasteiger partial charge in [-0.2, -0.15) is 11.8 Å². The van der Waals surface area contributed by atoms with Crippen molar-refractivity contribution in [1.82, 2.24) is 5.32 Å². The first-order chi connectivity index (χ1) is 8.62. The van der Waals surface area contributed by atoms with E-state index in [1.807, 2.05) is 6.92 Å². The number of hydrogen-bond donors (Lipinski definition) is 2. The van der Waals surface area contributed by atoms with Gasteiger partial charge >= 0.3 is 5.97 Å². The van der Waals surface area contributed by atoms with E-state index in [1.165, 1.54) is 7.11 Å². The Morgan fingerprint density at radius 1 is 1.50 bits per heavy atom. The molecule has 0 bridgehead atoms. The third kappa shape index (κ3) is 3.19. The minimum Gasteiger partial charge on any atom is -0.468 e. The van der Waals surface area contributed by atoms with E-state index in [-0.39, 0.29) is 17.8 Å². The van der Waals surface area contributed by atoms with E-state index in [2.05, 4.69) is 5.32 Å². The number of methoxy groups -OCH3 is 1. The molecule has 2 aliphatic carbocycles. The number of rotatable bonds is 8. The average molecular weight is 273 g/mol. The maximum absolute atomic E-state index is 12.2. The van der Waals surface area contributed by atoms with Crippen LogP contribution in [0.3, 0.4) is 0 Å². The quantitative estimate of drug-likeness (QED) is 0.650. The Labute approximate surface area is 113 Å². The summed E-state index contributed by atoms with van der Waals surface area (Å²) in [6.07, 6.45) is 4.52. The molecule has 0 amide bonds. The molecule has 0 aliphatic heterocycles. The SMILES string of the molecule is COC(=O)C(CSC(C)CO)(NC1CC1)C1CC1. The van der Waals surface area contributed by atoms with Gasteiger partial charge in [0.05, 0.1) is 13.7 Å². The van der Waals surface area contributed by atoms with Crippen LogP contribution in [0, 0.1) is 5.92 Å². The molecule has 0 aromatic carbocycles. The summed E-state index contributed by atoms with van der Waals surface area (Å²) in [7, 11) is 1.47. The van der Waals surface area contributed by atoms with Gasteiger partial charge in [-0.1, -0.05) is 6.92 Å². The summed E-state index contributed by atoms with van der Waals surface area (Å²) in [5.74, 6) is 0.973. The third-order valence-electron chi connectivity index (χ3n) is 3.72. The van der Waals surface area contributed by atoms with Crippen molar-refractivity contribution in [2.24, 2.45) is 5.92 Å². The molecule has 2 atom stereocenters. The molecule has 2 unspecified atom stereocenters. The molecule has 18 heavy (non-hydrogen) atoms. The highest BCUT2D eigenvalue weighted by molar-refractivity contribution is 8.00. The van der Waals surface area contributed by atoms with E-state index in [0.717, 1.165) is 25.7 Å². The average Bonchev–Trinajstić information content (AvgIpc) is 3.25. The molecular formula is C13H23NO3S. The van der Waals surface area contributed by atoms with Gasteiger partial charge in [-0.05, 0) is 31.6 Å². The number of ether oxygens (including phenoxy) is 1. The number of carbonyl (C=O) groups excluding carboxylic acids is 1. The zero-order chi connectivity index (χ0) is 13.2. The van der Waals surface area contributed by atoms with Crippen molar-refractivity contribution in [2.45, 2.75) is 49.4 Å². The van der Waals surface area contributed by atoms with Crippen molar-refractivity contribution in [3.05, 3.63) is 0 Å². The summed E-state index contributed by atoms with van der Waals surface area (Å²) in [5.41, 5.74) is -0.524. The van der Waals surface area contributed by atoms with E-state index in [9.17, 15) is 4.79 Å². The standard InChI is InChI=1S/C13H23NO3S/c1-9(7-15)18-8-13(10-3-4-10,12(16)17-2)14-11-5-6-11/h9-11,14-15H,3-8H2,1-2H3. The van der Waals surface area contributed by atoms with Crippen LogP contribution < -0.4 is 5.32 Å². The van der Waals surface area contributed by atoms with Gasteiger partial charge in [0.15, 0.2) is 0 Å². The van der Waals surface area contributed by atoms with Crippen LogP contribution in [0.5, 0.6) is 0 Å². The number of hydrogen-bond acceptors (Lipinski definition) is 5. The van der Waals surface area contributed by atoms with E-state index < -0.39 is 5.54 Å². The van der Waals surface area contributed by atoms with Gasteiger partial charge < -0.3 is 9.84 Å². The number of esters is 1. The van der Waals surface area contributed by atoms with Crippen molar-refractivity contribution < 1.29 is 14.6 Å². The molecule has 2 aliphatic rings. The molecule has 5 heteroatoms. The first-order valence-corrected chi connectivity index (χ1v) is 7.76. The fourth-order valence-corrected chi connectivity index (χ4v) is 3.33. The lowest BCUT2D eigenvalue weighted by Gasteiger charge is -2.33. The molecule has 0 radical (unpaired) electrons. The number of nitrogens with one attached hydrogen (secondary N) is 1. The molecule has 2 N–H and O–H groups in total. The summed E-state index contributed by atoms with van der Waals surface area (Å²) in [6.45, 7) is 2.13. The second kappa shape index (κ2) is 5.80. The van der Waals surface area contributed by atoms with Gasteiger partial charge in [-0.3, -0.25) is 10.1 Å². The van der Waals surface area contributed by atoms with Crippen LogP contribution in [0.25, 0.3) is 0 Å². The van der Waals surface area contributed by atoms with Gasteiger partial charge in [-0.25, -0.2) is 0 Å². The highest BCUT2D eigenvalue weighted by Crippen LogP contribution is 2.44. The minimum absolute atomic E-state index is 0.130. The van der Waals surface area contributed by atoms with Crippen molar-refractivity contribution in [2.75, 3.05) is 19.5 Å². The summed E-state index contributed by atoms with van der Waals surface area (Å²) >= 11 is 1.65. The lowest BCUT2D eigenvalue weighted by atomic mass is 9.95. The Hall–Kier alpha value is -0.260. The van der Waals surface area contributed by atoms with Gasteiger partial charge in [0.25, 0.3) is 0 Å². The molecule has 0 saturated heterocycles. The molecule has 0 aromatic heterocycles. The van der Waals surface area contributed by atoms with Gasteiger partial charge in [0.2, 0.25) is 0 Å². The zero-order valence-electron chi connectivity index (χ0n) is 11.1. The topological polar surface area (TPSA) is 58.6 Å². The molecule has 4 nitrogen and oxygen atoms in total. The first kappa shape index (κ1) is 14.2. The van der Waals surface area contributed by atoms with E-state index in [1.54, 1.807) is 11.8 Å². The normalized spacial score (nSPS) is 24.4.